The van der Waals surface area contributed by atoms with Gasteiger partial charge in [-0.05, 0) is 29.8 Å². The van der Waals surface area contributed by atoms with E-state index in [2.05, 4.69) is 5.32 Å². The van der Waals surface area contributed by atoms with Gasteiger partial charge in [-0.3, -0.25) is 14.6 Å². The summed E-state index contributed by atoms with van der Waals surface area (Å²) < 4.78 is 18.8. The lowest BCUT2D eigenvalue weighted by molar-refractivity contribution is -0.148. The van der Waals surface area contributed by atoms with Crippen LogP contribution in [0.15, 0.2) is 42.5 Å². The molecule has 6 nitrogen and oxygen atoms in total. The molecule has 0 aromatic heterocycles. The molecule has 0 radical (unpaired) electrons. The summed E-state index contributed by atoms with van der Waals surface area (Å²) in [6.07, 6.45) is 0. The Hall–Kier alpha value is -2.19. The molecule has 0 bridgehead atoms. The van der Waals surface area contributed by atoms with Crippen molar-refractivity contribution in [2.75, 3.05) is 45.2 Å². The number of nitrogens with one attached hydrogen (secondary N) is 1. The van der Waals surface area contributed by atoms with Crippen LogP contribution in [-0.2, 0) is 14.3 Å². The molecule has 1 aliphatic rings. The Morgan fingerprint density at radius 3 is 2.50 bits per heavy atom. The number of nitrogens with zero attached hydrogens (tertiary/aromatic N) is 2. The molecule has 1 fully saturated rings. The Kier molecular flexibility index (Phi) is 7.66. The minimum Gasteiger partial charge on any atom is -0.468 e. The van der Waals surface area contributed by atoms with Crippen LogP contribution in [0.5, 0.6) is 0 Å². The highest BCUT2D eigenvalue weighted by atomic mass is 35.5. The summed E-state index contributed by atoms with van der Waals surface area (Å²) in [5.41, 5.74) is 0.740. The van der Waals surface area contributed by atoms with E-state index in [9.17, 15) is 14.0 Å². The van der Waals surface area contributed by atoms with Gasteiger partial charge >= 0.3 is 5.97 Å². The molecule has 0 aliphatic carbocycles. The maximum atomic E-state index is 13.8. The number of ether oxygens (including phenoxy) is 1. The van der Waals surface area contributed by atoms with Crippen molar-refractivity contribution in [1.82, 2.24) is 9.80 Å². The molecule has 9 heteroatoms. The van der Waals surface area contributed by atoms with Crippen LogP contribution >= 0.6 is 23.2 Å². The van der Waals surface area contributed by atoms with Crippen LogP contribution < -0.4 is 5.32 Å². The van der Waals surface area contributed by atoms with Gasteiger partial charge in [0.1, 0.15) is 11.9 Å². The quantitative estimate of drug-likeness (QED) is 0.676. The zero-order valence-corrected chi connectivity index (χ0v) is 17.9. The Balaban J connectivity index is 1.60. The second-order valence-electron chi connectivity index (χ2n) is 6.93. The van der Waals surface area contributed by atoms with Crippen molar-refractivity contribution in [2.45, 2.75) is 6.04 Å². The van der Waals surface area contributed by atoms with Crippen LogP contribution in [0.1, 0.15) is 11.6 Å². The molecule has 2 aromatic carbocycles. The third kappa shape index (κ3) is 5.49. The van der Waals surface area contributed by atoms with Gasteiger partial charge in [-0.25, -0.2) is 9.18 Å². The molecule has 30 heavy (non-hydrogen) atoms. The number of halogens is 3. The topological polar surface area (TPSA) is 61.9 Å². The largest absolute Gasteiger partial charge is 0.468 e. The molecule has 1 unspecified atom stereocenters. The first kappa shape index (κ1) is 22.5. The molecule has 0 spiro atoms. The summed E-state index contributed by atoms with van der Waals surface area (Å²) >= 11 is 12.2. The van der Waals surface area contributed by atoms with Crippen LogP contribution in [0.25, 0.3) is 0 Å². The lowest BCUT2D eigenvalue weighted by Gasteiger charge is -2.38. The zero-order chi connectivity index (χ0) is 21.7. The van der Waals surface area contributed by atoms with Gasteiger partial charge in [-0.1, -0.05) is 41.4 Å². The molecule has 1 amide bonds. The maximum Gasteiger partial charge on any atom is 0.327 e. The molecular weight excluding hydrogens is 432 g/mol. The van der Waals surface area contributed by atoms with Gasteiger partial charge in [-0.2, -0.15) is 0 Å². The first-order chi connectivity index (χ1) is 14.4. The molecule has 0 saturated carbocycles. The number of esters is 1. The number of hydrogen-bond donors (Lipinski definition) is 1. The predicted molar refractivity (Wildman–Crippen MR) is 114 cm³/mol. The van der Waals surface area contributed by atoms with Crippen molar-refractivity contribution in [1.29, 1.82) is 0 Å². The standard InChI is InChI=1S/C21H22Cl2FN3O3/c1-30-21(29)20(15-4-2-3-5-16(15)23)27-10-8-26(9-11-27)13-19(28)25-18-12-14(22)6-7-17(18)24/h2-7,12,20H,8-11,13H2,1H3,(H,25,28). The number of anilines is 1. The van der Waals surface area contributed by atoms with E-state index in [-0.39, 0.29) is 24.1 Å². The van der Waals surface area contributed by atoms with E-state index in [0.717, 1.165) is 0 Å². The SMILES string of the molecule is COC(=O)C(c1ccccc1Cl)N1CCN(CC(=O)Nc2cc(Cl)ccc2F)CC1. The van der Waals surface area contributed by atoms with Gasteiger partial charge in [0.15, 0.2) is 0 Å². The maximum absolute atomic E-state index is 13.8. The number of carbonyl (C=O) groups excluding carboxylic acids is 2. The molecule has 1 saturated heterocycles. The van der Waals surface area contributed by atoms with E-state index in [1.807, 2.05) is 21.9 Å². The molecule has 1 heterocycles. The molecule has 1 N–H and O–H groups in total. The normalized spacial score (nSPS) is 16.1. The van der Waals surface area contributed by atoms with Crippen molar-refractivity contribution >= 4 is 40.8 Å². The van der Waals surface area contributed by atoms with E-state index in [1.54, 1.807) is 12.1 Å². The molecule has 2 aromatic rings. The predicted octanol–water partition coefficient (Wildman–Crippen LogP) is 3.60. The highest BCUT2D eigenvalue weighted by molar-refractivity contribution is 6.31. The van der Waals surface area contributed by atoms with E-state index >= 15 is 0 Å². The molecular formula is C21H22Cl2FN3O3. The first-order valence-electron chi connectivity index (χ1n) is 9.42. The fourth-order valence-corrected chi connectivity index (χ4v) is 3.86. The Morgan fingerprint density at radius 1 is 1.13 bits per heavy atom. The fraction of sp³-hybridized carbons (Fsp3) is 0.333. The van der Waals surface area contributed by atoms with Crippen molar-refractivity contribution in [3.05, 3.63) is 63.9 Å². The second kappa shape index (κ2) is 10.2. The highest BCUT2D eigenvalue weighted by Crippen LogP contribution is 2.29. The Morgan fingerprint density at radius 2 is 1.83 bits per heavy atom. The molecule has 3 rings (SSSR count). The van der Waals surface area contributed by atoms with Crippen molar-refractivity contribution in [2.24, 2.45) is 0 Å². The number of hydrogen-bond acceptors (Lipinski definition) is 5. The Labute approximate surface area is 184 Å². The molecule has 1 aliphatic heterocycles. The van der Waals surface area contributed by atoms with E-state index in [4.69, 9.17) is 27.9 Å². The van der Waals surface area contributed by atoms with Crippen molar-refractivity contribution in [3.8, 4) is 0 Å². The lowest BCUT2D eigenvalue weighted by atomic mass is 10.0. The average Bonchev–Trinajstić information content (AvgIpc) is 2.73. The van der Waals surface area contributed by atoms with Crippen LogP contribution in [0, 0.1) is 5.82 Å². The summed E-state index contributed by atoms with van der Waals surface area (Å²) in [4.78, 5) is 28.7. The number of methoxy groups -OCH3 is 1. The Bertz CT molecular complexity index is 920. The summed E-state index contributed by atoms with van der Waals surface area (Å²) in [7, 11) is 1.35. The van der Waals surface area contributed by atoms with Crippen molar-refractivity contribution < 1.29 is 18.7 Å². The molecule has 1 atom stereocenters. The third-order valence-electron chi connectivity index (χ3n) is 4.97. The van der Waals surface area contributed by atoms with Gasteiger partial charge in [0.25, 0.3) is 0 Å². The molecule has 160 valence electrons. The number of benzene rings is 2. The van der Waals surface area contributed by atoms with Gasteiger partial charge in [0.05, 0.1) is 19.3 Å². The van der Waals surface area contributed by atoms with Crippen LogP contribution in [-0.4, -0.2) is 61.5 Å². The summed E-state index contributed by atoms with van der Waals surface area (Å²) in [6.45, 7) is 2.31. The highest BCUT2D eigenvalue weighted by Gasteiger charge is 2.32. The monoisotopic (exact) mass is 453 g/mol. The number of rotatable bonds is 6. The van der Waals surface area contributed by atoms with Crippen molar-refractivity contribution in [3.63, 3.8) is 0 Å². The smallest absolute Gasteiger partial charge is 0.327 e. The number of carbonyl (C=O) groups is 2. The minimum atomic E-state index is -0.611. The third-order valence-corrected chi connectivity index (χ3v) is 5.55. The van der Waals surface area contributed by atoms with E-state index in [0.29, 0.717) is 41.8 Å². The minimum absolute atomic E-state index is 0.0515. The zero-order valence-electron chi connectivity index (χ0n) is 16.4. The number of amides is 1. The van der Waals surface area contributed by atoms with Crippen LogP contribution in [0.4, 0.5) is 10.1 Å². The summed E-state index contributed by atoms with van der Waals surface area (Å²) in [5.74, 6) is -1.26. The van der Waals surface area contributed by atoms with E-state index < -0.39 is 11.9 Å². The fourth-order valence-electron chi connectivity index (χ4n) is 3.45. The first-order valence-corrected chi connectivity index (χ1v) is 10.2. The van der Waals surface area contributed by atoms with E-state index in [1.165, 1.54) is 25.3 Å². The van der Waals surface area contributed by atoms with Crippen LogP contribution in [0.2, 0.25) is 10.0 Å². The number of piperazine rings is 1. The van der Waals surface area contributed by atoms with Gasteiger partial charge in [0, 0.05) is 36.2 Å². The van der Waals surface area contributed by atoms with Gasteiger partial charge < -0.3 is 10.1 Å². The lowest BCUT2D eigenvalue weighted by Crippen LogP contribution is -2.51. The summed E-state index contributed by atoms with van der Waals surface area (Å²) in [5, 5.41) is 3.39. The summed E-state index contributed by atoms with van der Waals surface area (Å²) in [6, 6.07) is 10.6. The average molecular weight is 454 g/mol. The van der Waals surface area contributed by atoms with Crippen LogP contribution in [0.3, 0.4) is 0 Å². The van der Waals surface area contributed by atoms with Gasteiger partial charge in [0.2, 0.25) is 5.91 Å². The second-order valence-corrected chi connectivity index (χ2v) is 7.78. The van der Waals surface area contributed by atoms with Gasteiger partial charge in [-0.15, -0.1) is 0 Å².